The van der Waals surface area contributed by atoms with Gasteiger partial charge in [-0.05, 0) is 18.9 Å². The average Bonchev–Trinajstić information content (AvgIpc) is 3.07. The van der Waals surface area contributed by atoms with Gasteiger partial charge >= 0.3 is 11.7 Å². The van der Waals surface area contributed by atoms with E-state index in [1.807, 2.05) is 37.3 Å². The Hall–Kier alpha value is -2.81. The Morgan fingerprint density at radius 1 is 1.14 bits per heavy atom. The number of aryl methyl sites for hydroxylation is 1. The molecule has 0 amide bonds. The summed E-state index contributed by atoms with van der Waals surface area (Å²) in [5, 5.41) is 0.0456. The smallest absolute Gasteiger partial charge is 0.332 e. The summed E-state index contributed by atoms with van der Waals surface area (Å²) in [6.45, 7) is 4.35. The van der Waals surface area contributed by atoms with Crippen molar-refractivity contribution in [2.75, 3.05) is 6.61 Å². The van der Waals surface area contributed by atoms with Gasteiger partial charge in [0.05, 0.1) is 13.2 Å². The molecule has 154 valence electrons. The molecule has 0 N–H and O–H groups in total. The van der Waals surface area contributed by atoms with Gasteiger partial charge in [0.1, 0.15) is 5.25 Å². The van der Waals surface area contributed by atoms with Crippen molar-refractivity contribution >= 4 is 28.9 Å². The minimum absolute atomic E-state index is 0.297. The van der Waals surface area contributed by atoms with Crippen LogP contribution in [0.3, 0.4) is 0 Å². The van der Waals surface area contributed by atoms with Crippen molar-refractivity contribution in [3.8, 4) is 0 Å². The third-order valence-electron chi connectivity index (χ3n) is 4.66. The number of aromatic nitrogens is 4. The first-order valence-electron chi connectivity index (χ1n) is 9.42. The fraction of sp³-hybridized carbons (Fsp3) is 0.400. The van der Waals surface area contributed by atoms with Crippen molar-refractivity contribution < 1.29 is 9.53 Å². The fourth-order valence-electron chi connectivity index (χ4n) is 3.09. The summed E-state index contributed by atoms with van der Waals surface area (Å²) in [5.74, 6) is -0.319. The number of thioether (sulfide) groups is 1. The summed E-state index contributed by atoms with van der Waals surface area (Å²) >= 11 is 1.25. The highest BCUT2D eigenvalue weighted by Crippen LogP contribution is 2.28. The molecule has 2 aromatic heterocycles. The van der Waals surface area contributed by atoms with Crippen molar-refractivity contribution in [3.63, 3.8) is 0 Å². The number of benzene rings is 1. The van der Waals surface area contributed by atoms with Crippen LogP contribution < -0.4 is 11.2 Å². The van der Waals surface area contributed by atoms with Crippen LogP contribution in [0.2, 0.25) is 0 Å². The Balaban J connectivity index is 2.20. The van der Waals surface area contributed by atoms with Crippen LogP contribution in [0.1, 0.15) is 25.8 Å². The molecule has 0 fully saturated rings. The number of fused-ring (bicyclic) bond motifs is 1. The molecule has 1 aromatic carbocycles. The number of carbonyl (C=O) groups excluding carboxylic acids is 1. The molecule has 1 atom stereocenters. The molecule has 0 bridgehead atoms. The summed E-state index contributed by atoms with van der Waals surface area (Å²) in [6.07, 6.45) is 0.551. The van der Waals surface area contributed by atoms with Gasteiger partial charge in [-0.15, -0.1) is 0 Å². The third kappa shape index (κ3) is 4.00. The summed E-state index contributed by atoms with van der Waals surface area (Å²) in [7, 11) is 3.03. The predicted molar refractivity (Wildman–Crippen MR) is 112 cm³/mol. The van der Waals surface area contributed by atoms with Gasteiger partial charge in [0.2, 0.25) is 0 Å². The van der Waals surface area contributed by atoms with Crippen molar-refractivity contribution in [2.45, 2.75) is 37.2 Å². The molecule has 1 unspecified atom stereocenters. The minimum atomic E-state index is -0.456. The number of hydrogen-bond acceptors (Lipinski definition) is 6. The summed E-state index contributed by atoms with van der Waals surface area (Å²) < 4.78 is 9.37. The van der Waals surface area contributed by atoms with E-state index in [2.05, 4.69) is 4.98 Å². The maximum Gasteiger partial charge on any atom is 0.332 e. The number of hydrogen-bond donors (Lipinski definition) is 0. The normalized spacial score (nSPS) is 12.3. The lowest BCUT2D eigenvalue weighted by Crippen LogP contribution is -2.37. The molecular weight excluding hydrogens is 392 g/mol. The Bertz CT molecular complexity index is 1150. The molecule has 0 spiro atoms. The Morgan fingerprint density at radius 3 is 2.45 bits per heavy atom. The van der Waals surface area contributed by atoms with E-state index in [4.69, 9.17) is 4.74 Å². The lowest BCUT2D eigenvalue weighted by Gasteiger charge is -2.14. The van der Waals surface area contributed by atoms with Crippen LogP contribution >= 0.6 is 11.8 Å². The zero-order valence-electron chi connectivity index (χ0n) is 16.9. The van der Waals surface area contributed by atoms with E-state index in [0.717, 1.165) is 10.1 Å². The number of nitrogens with zero attached hydrogens (tertiary/aromatic N) is 4. The third-order valence-corrected chi connectivity index (χ3v) is 6.00. The molecular formula is C20H24N4O4S. The van der Waals surface area contributed by atoms with Gasteiger partial charge in [0, 0.05) is 14.1 Å². The van der Waals surface area contributed by atoms with E-state index in [1.54, 1.807) is 18.5 Å². The molecule has 0 aliphatic heterocycles. The zero-order chi connectivity index (χ0) is 21.1. The Morgan fingerprint density at radius 2 is 1.83 bits per heavy atom. The summed E-state index contributed by atoms with van der Waals surface area (Å²) in [5.41, 5.74) is 0.757. The van der Waals surface area contributed by atoms with Crippen LogP contribution in [0.5, 0.6) is 0 Å². The number of imidazole rings is 1. The summed E-state index contributed by atoms with van der Waals surface area (Å²) in [6, 6.07) is 9.66. The molecule has 0 aliphatic carbocycles. The largest absolute Gasteiger partial charge is 0.465 e. The van der Waals surface area contributed by atoms with E-state index in [0.29, 0.717) is 35.9 Å². The van der Waals surface area contributed by atoms with Crippen molar-refractivity contribution in [1.29, 1.82) is 0 Å². The average molecular weight is 417 g/mol. The molecule has 0 radical (unpaired) electrons. The number of ether oxygens (including phenoxy) is 1. The van der Waals surface area contributed by atoms with Crippen LogP contribution in [-0.4, -0.2) is 36.5 Å². The van der Waals surface area contributed by atoms with Gasteiger partial charge < -0.3 is 9.30 Å². The highest BCUT2D eigenvalue weighted by Gasteiger charge is 2.25. The van der Waals surface area contributed by atoms with E-state index in [1.165, 1.54) is 23.4 Å². The molecule has 0 aliphatic rings. The summed E-state index contributed by atoms with van der Waals surface area (Å²) in [4.78, 5) is 42.1. The zero-order valence-corrected chi connectivity index (χ0v) is 17.7. The molecule has 8 nitrogen and oxygen atoms in total. The second-order valence-electron chi connectivity index (χ2n) is 6.61. The van der Waals surface area contributed by atoms with E-state index >= 15 is 0 Å². The first-order valence-corrected chi connectivity index (χ1v) is 10.3. The van der Waals surface area contributed by atoms with Crippen LogP contribution in [-0.2, 0) is 30.2 Å². The van der Waals surface area contributed by atoms with Crippen LogP contribution in [0.15, 0.2) is 45.1 Å². The van der Waals surface area contributed by atoms with E-state index in [-0.39, 0.29) is 5.97 Å². The topological polar surface area (TPSA) is 88.1 Å². The fourth-order valence-corrected chi connectivity index (χ4v) is 4.10. The lowest BCUT2D eigenvalue weighted by atomic mass is 10.2. The molecule has 2 heterocycles. The van der Waals surface area contributed by atoms with Crippen LogP contribution in [0.25, 0.3) is 11.2 Å². The van der Waals surface area contributed by atoms with Crippen molar-refractivity contribution in [1.82, 2.24) is 18.7 Å². The number of rotatable bonds is 7. The van der Waals surface area contributed by atoms with Gasteiger partial charge in [-0.25, -0.2) is 9.78 Å². The first kappa shape index (κ1) is 20.9. The second-order valence-corrected chi connectivity index (χ2v) is 7.78. The standard InChI is InChI=1S/C20H24N4O4S/c1-5-14(18(26)28-6-2)29-19-21-16-15(17(25)23(4)20(27)22(16)3)24(19)12-13-10-8-7-9-11-13/h7-11,14H,5-6,12H2,1-4H3. The second kappa shape index (κ2) is 8.69. The van der Waals surface area contributed by atoms with Crippen molar-refractivity contribution in [3.05, 3.63) is 56.7 Å². The first-order chi connectivity index (χ1) is 13.9. The van der Waals surface area contributed by atoms with Gasteiger partial charge in [-0.2, -0.15) is 0 Å². The monoisotopic (exact) mass is 416 g/mol. The predicted octanol–water partition coefficient (Wildman–Crippen LogP) is 1.92. The SMILES string of the molecule is CCOC(=O)C(CC)Sc1nc2c(c(=O)n(C)c(=O)n2C)n1Cc1ccccc1. The number of carbonyl (C=O) groups is 1. The lowest BCUT2D eigenvalue weighted by molar-refractivity contribution is -0.142. The van der Waals surface area contributed by atoms with Crippen molar-refractivity contribution in [2.24, 2.45) is 14.1 Å². The molecule has 3 rings (SSSR count). The highest BCUT2D eigenvalue weighted by atomic mass is 32.2. The van der Waals surface area contributed by atoms with Gasteiger partial charge in [0.25, 0.3) is 5.56 Å². The van der Waals surface area contributed by atoms with Gasteiger partial charge in [0.15, 0.2) is 16.3 Å². The number of esters is 1. The van der Waals surface area contributed by atoms with Gasteiger partial charge in [-0.3, -0.25) is 18.7 Å². The molecule has 3 aromatic rings. The molecule has 9 heteroatoms. The van der Waals surface area contributed by atoms with E-state index < -0.39 is 16.5 Å². The minimum Gasteiger partial charge on any atom is -0.465 e. The van der Waals surface area contributed by atoms with Gasteiger partial charge in [-0.1, -0.05) is 49.0 Å². The maximum atomic E-state index is 12.9. The Kier molecular flexibility index (Phi) is 6.26. The molecule has 29 heavy (non-hydrogen) atoms. The van der Waals surface area contributed by atoms with Crippen LogP contribution in [0, 0.1) is 0 Å². The van der Waals surface area contributed by atoms with E-state index in [9.17, 15) is 14.4 Å². The molecule has 0 saturated carbocycles. The maximum absolute atomic E-state index is 12.9. The molecule has 0 saturated heterocycles. The quantitative estimate of drug-likeness (QED) is 0.432. The van der Waals surface area contributed by atoms with Crippen LogP contribution in [0.4, 0.5) is 0 Å². The highest BCUT2D eigenvalue weighted by molar-refractivity contribution is 8.00. The Labute approximate surface area is 172 Å².